The van der Waals surface area contributed by atoms with Crippen molar-refractivity contribution >= 4 is 62.6 Å². The standard InChI is InChI=1S/C55H57Cl2FN12O6.C2H6/c1-29(2)50(54(73)68-17-5-6-44(68)53(72)62-43(27-71)34-13-11-32(12-14-34)35-15-16-59-22-30(35)3)70-26-41(66-67-70)33-9-7-31(8-10-33)28-76-51-47(46-37-23-61-65-40(37)21-39(58)48(46)57)38(56)20-36-49(51)63-55(75-19-18-74-4)64-52(36)69-25-42-45(69)24-60-42;1-2/h7-16,20-23,29,41-45,50,60,71H,5-6,17-19,24-28H2,1-4H3,(H,61,65)(H,62,72);1-2H3. The number of benzene rings is 4. The van der Waals surface area contributed by atoms with Crippen LogP contribution in [0, 0.1) is 18.7 Å². The van der Waals surface area contributed by atoms with Gasteiger partial charge in [-0.1, -0.05) is 105 Å². The summed E-state index contributed by atoms with van der Waals surface area (Å²) in [4.78, 5) is 46.3. The number of carbonyl (C=O) groups is 2. The highest BCUT2D eigenvalue weighted by molar-refractivity contribution is 6.39. The second-order valence-electron chi connectivity index (χ2n) is 20.1. The maximum Gasteiger partial charge on any atom is 0.319 e. The number of amides is 2. The number of piperazine rings is 1. The van der Waals surface area contributed by atoms with Gasteiger partial charge in [0.05, 0.1) is 53.6 Å². The lowest BCUT2D eigenvalue weighted by atomic mass is 9.88. The van der Waals surface area contributed by atoms with Gasteiger partial charge in [0, 0.05) is 73.1 Å². The van der Waals surface area contributed by atoms with Gasteiger partial charge in [0.1, 0.15) is 48.5 Å². The van der Waals surface area contributed by atoms with E-state index in [1.165, 1.54) is 6.07 Å². The predicted octanol–water partition coefficient (Wildman–Crippen LogP) is 9.37. The Morgan fingerprint density at radius 1 is 0.962 bits per heavy atom. The monoisotopic (exact) mass is 1100 g/mol. The van der Waals surface area contributed by atoms with Crippen LogP contribution >= 0.6 is 23.2 Å². The number of nitrogens with one attached hydrogen (secondary N) is 3. The van der Waals surface area contributed by atoms with Gasteiger partial charge in [0.2, 0.25) is 11.8 Å². The Morgan fingerprint density at radius 2 is 1.76 bits per heavy atom. The topological polar surface area (TPSA) is 208 Å². The molecule has 11 rings (SSSR count). The molecule has 6 atom stereocenters. The summed E-state index contributed by atoms with van der Waals surface area (Å²) in [6.07, 6.45) is 6.29. The molecule has 0 aliphatic carbocycles. The van der Waals surface area contributed by atoms with Crippen molar-refractivity contribution in [3.8, 4) is 34.0 Å². The summed E-state index contributed by atoms with van der Waals surface area (Å²) < 4.78 is 33.7. The lowest BCUT2D eigenvalue weighted by Crippen LogP contribution is -2.78. The molecule has 0 radical (unpaired) electrons. The minimum Gasteiger partial charge on any atom is -0.486 e. The van der Waals surface area contributed by atoms with Gasteiger partial charge in [-0.05, 0) is 71.2 Å². The third kappa shape index (κ3) is 10.5. The number of halogens is 3. The molecule has 0 saturated carbocycles. The highest BCUT2D eigenvalue weighted by Crippen LogP contribution is 2.50. The first-order chi connectivity index (χ1) is 37.9. The number of aromatic amines is 1. The number of aryl methyl sites for hydroxylation is 1. The van der Waals surface area contributed by atoms with Crippen molar-refractivity contribution < 1.29 is 33.3 Å². The minimum atomic E-state index is -0.705. The van der Waals surface area contributed by atoms with Crippen LogP contribution in [0.15, 0.2) is 95.7 Å². The fraction of sp³-hybridized carbons (Fsp3) is 0.404. The van der Waals surface area contributed by atoms with Crippen molar-refractivity contribution in [2.75, 3.05) is 58.0 Å². The number of ether oxygens (including phenoxy) is 3. The zero-order valence-electron chi connectivity index (χ0n) is 44.3. The number of hydrogen-bond acceptors (Lipinski definition) is 15. The van der Waals surface area contributed by atoms with Crippen LogP contribution in [0.1, 0.15) is 74.9 Å². The summed E-state index contributed by atoms with van der Waals surface area (Å²) in [7, 11) is 1.58. The first-order valence-corrected chi connectivity index (χ1v) is 27.2. The summed E-state index contributed by atoms with van der Waals surface area (Å²) in [5, 5.41) is 36.1. The Bertz CT molecular complexity index is 3350. The fourth-order valence-electron chi connectivity index (χ4n) is 10.8. The zero-order valence-corrected chi connectivity index (χ0v) is 45.9. The Hall–Kier alpha value is -7.03. The third-order valence-electron chi connectivity index (χ3n) is 15.0. The van der Waals surface area contributed by atoms with E-state index >= 15 is 4.39 Å². The molecule has 4 N–H and O–H groups in total. The number of aliphatic hydroxyl groups excluding tert-OH is 1. The van der Waals surface area contributed by atoms with Crippen LogP contribution in [-0.2, 0) is 20.9 Å². The number of fused-ring (bicyclic) bond motifs is 3. The number of methoxy groups -OCH3 is 1. The minimum absolute atomic E-state index is 0.0476. The second kappa shape index (κ2) is 23.5. The number of likely N-dealkylation sites (tertiary alicyclic amines) is 1. The van der Waals surface area contributed by atoms with Gasteiger partial charge in [-0.25, -0.2) is 4.39 Å². The highest BCUT2D eigenvalue weighted by atomic mass is 35.5. The number of carbonyl (C=O) groups excluding carboxylic acids is 2. The fourth-order valence-corrected chi connectivity index (χ4v) is 11.4. The quantitative estimate of drug-likeness (QED) is 0.0592. The number of nitrogens with zero attached hydrogens (tertiary/aromatic N) is 9. The van der Waals surface area contributed by atoms with Crippen LogP contribution < -0.4 is 25.0 Å². The molecule has 7 aromatic rings. The first-order valence-electron chi connectivity index (χ1n) is 26.5. The Morgan fingerprint density at radius 3 is 2.45 bits per heavy atom. The number of aromatic nitrogens is 5. The third-order valence-corrected chi connectivity index (χ3v) is 15.7. The van der Waals surface area contributed by atoms with Crippen molar-refractivity contribution in [1.29, 1.82) is 0 Å². The van der Waals surface area contributed by atoms with E-state index in [4.69, 9.17) is 47.4 Å². The van der Waals surface area contributed by atoms with Gasteiger partial charge in [-0.3, -0.25) is 24.7 Å². The first kappa shape index (κ1) is 54.3. The molecule has 0 spiro atoms. The normalized spacial score (nSPS) is 19.3. The summed E-state index contributed by atoms with van der Waals surface area (Å²) in [5.41, 5.74) is 6.96. The van der Waals surface area contributed by atoms with Gasteiger partial charge in [0.15, 0.2) is 5.75 Å². The summed E-state index contributed by atoms with van der Waals surface area (Å²) in [5.74, 6) is -0.448. The molecule has 21 heteroatoms. The molecule has 4 aliphatic rings. The Balaban J connectivity index is 0.00000340. The molecule has 3 aromatic heterocycles. The molecule has 18 nitrogen and oxygen atoms in total. The van der Waals surface area contributed by atoms with E-state index in [0.29, 0.717) is 77.3 Å². The molecular weight excluding hydrogens is 1040 g/mol. The molecule has 4 aromatic carbocycles. The van der Waals surface area contributed by atoms with Gasteiger partial charge in [0.25, 0.3) is 0 Å². The van der Waals surface area contributed by atoms with Gasteiger partial charge in [-0.2, -0.15) is 20.2 Å². The van der Waals surface area contributed by atoms with Crippen LogP contribution in [0.25, 0.3) is 44.1 Å². The lowest BCUT2D eigenvalue weighted by molar-refractivity contribution is -0.144. The van der Waals surface area contributed by atoms with E-state index in [1.807, 2.05) is 95.4 Å². The molecule has 3 saturated heterocycles. The van der Waals surface area contributed by atoms with Gasteiger partial charge < -0.3 is 39.8 Å². The van der Waals surface area contributed by atoms with E-state index in [0.717, 1.165) is 46.5 Å². The molecule has 408 valence electrons. The summed E-state index contributed by atoms with van der Waals surface area (Å²) >= 11 is 14.1. The molecule has 7 heterocycles. The number of hydrogen-bond donors (Lipinski definition) is 4. The maximum atomic E-state index is 15.6. The van der Waals surface area contributed by atoms with E-state index in [2.05, 4.69) is 41.1 Å². The molecule has 4 aliphatic heterocycles. The average molecular weight is 1100 g/mol. The van der Waals surface area contributed by atoms with E-state index in [9.17, 15) is 14.7 Å². The predicted molar refractivity (Wildman–Crippen MR) is 297 cm³/mol. The highest BCUT2D eigenvalue weighted by Gasteiger charge is 2.47. The summed E-state index contributed by atoms with van der Waals surface area (Å²) in [6, 6.07) is 18.8. The van der Waals surface area contributed by atoms with Crippen molar-refractivity contribution in [3.63, 3.8) is 0 Å². The smallest absolute Gasteiger partial charge is 0.319 e. The van der Waals surface area contributed by atoms with Crippen LogP contribution in [0.3, 0.4) is 0 Å². The largest absolute Gasteiger partial charge is 0.486 e. The molecule has 78 heavy (non-hydrogen) atoms. The number of pyridine rings is 1. The van der Waals surface area contributed by atoms with Gasteiger partial charge >= 0.3 is 6.01 Å². The average Bonchev–Trinajstić information content (AvgIpc) is 4.37. The van der Waals surface area contributed by atoms with E-state index < -0.39 is 23.9 Å². The zero-order chi connectivity index (χ0) is 54.8. The van der Waals surface area contributed by atoms with Crippen molar-refractivity contribution in [3.05, 3.63) is 123 Å². The van der Waals surface area contributed by atoms with Gasteiger partial charge in [-0.15, -0.1) is 0 Å². The Kier molecular flexibility index (Phi) is 16.4. The van der Waals surface area contributed by atoms with E-state index in [-0.39, 0.29) is 71.4 Å². The van der Waals surface area contributed by atoms with Crippen LogP contribution in [0.5, 0.6) is 11.8 Å². The molecule has 6 unspecified atom stereocenters. The van der Waals surface area contributed by atoms with Crippen LogP contribution in [0.4, 0.5) is 10.2 Å². The molecule has 2 amide bonds. The number of anilines is 1. The van der Waals surface area contributed by atoms with Crippen LogP contribution in [-0.4, -0.2) is 129 Å². The molecule has 3 fully saturated rings. The second-order valence-corrected chi connectivity index (χ2v) is 20.8. The SMILES string of the molecule is CC.COCCOc1nc(N2CC3NCC32)c2cc(Cl)c(-c3c(Cl)c(F)cc4[nH]ncc34)c(OCc3ccc(C4CN(C(C(=O)N5CCCC5C(=O)NC(CO)c5ccc(-c6ccncc6C)cc5)C(C)C)N=N4)cc3)c2n1. The maximum absolute atomic E-state index is 15.6. The van der Waals surface area contributed by atoms with E-state index in [1.54, 1.807) is 35.5 Å². The lowest BCUT2D eigenvalue weighted by Gasteiger charge is -2.56. The van der Waals surface area contributed by atoms with Crippen molar-refractivity contribution in [2.45, 2.75) is 90.3 Å². The molecular formula is C57H63Cl2FN12O6. The summed E-state index contributed by atoms with van der Waals surface area (Å²) in [6.45, 7) is 12.5. The number of rotatable bonds is 18. The van der Waals surface area contributed by atoms with Crippen molar-refractivity contribution in [1.82, 2.24) is 45.7 Å². The number of H-pyrrole nitrogens is 1. The molecule has 0 bridgehead atoms. The number of aliphatic hydroxyl groups is 1. The van der Waals surface area contributed by atoms with Crippen molar-refractivity contribution in [2.24, 2.45) is 16.3 Å². The Labute approximate surface area is 461 Å². The van der Waals surface area contributed by atoms with Crippen LogP contribution in [0.2, 0.25) is 10.0 Å².